The van der Waals surface area contributed by atoms with Crippen LogP contribution in [-0.4, -0.2) is 19.9 Å². The second-order valence-corrected chi connectivity index (χ2v) is 7.60. The van der Waals surface area contributed by atoms with E-state index >= 15 is 0 Å². The second kappa shape index (κ2) is 12.2. The van der Waals surface area contributed by atoms with Crippen LogP contribution in [0.5, 0.6) is 0 Å². The summed E-state index contributed by atoms with van der Waals surface area (Å²) in [5.74, 6) is 0.787. The highest BCUT2D eigenvalue weighted by molar-refractivity contribution is 7.91. The minimum Gasteiger partial charge on any atom is -0.229 e. The van der Waals surface area contributed by atoms with E-state index in [9.17, 15) is 8.42 Å². The maximum Gasteiger partial charge on any atom is 0.150 e. The van der Waals surface area contributed by atoms with Gasteiger partial charge in [-0.3, -0.25) is 0 Å². The van der Waals surface area contributed by atoms with Crippen LogP contribution in [0, 0.1) is 0 Å². The van der Waals surface area contributed by atoms with Crippen molar-refractivity contribution >= 4 is 21.4 Å². The van der Waals surface area contributed by atoms with Gasteiger partial charge in [-0.05, 0) is 25.0 Å². The van der Waals surface area contributed by atoms with Gasteiger partial charge in [0.05, 0.1) is 11.5 Å². The molecular formula is C16H27ClO2S. The Balaban J connectivity index is 0.000000428. The Morgan fingerprint density at radius 2 is 1.30 bits per heavy atom. The summed E-state index contributed by atoms with van der Waals surface area (Å²) in [6, 6.07) is 9.44. The first-order valence-corrected chi connectivity index (χ1v) is 9.62. The van der Waals surface area contributed by atoms with E-state index in [4.69, 9.17) is 11.6 Å². The molecule has 0 unspecified atom stereocenters. The molecule has 1 aromatic rings. The van der Waals surface area contributed by atoms with Crippen LogP contribution in [0.4, 0.5) is 0 Å². The quantitative estimate of drug-likeness (QED) is 0.623. The van der Waals surface area contributed by atoms with Gasteiger partial charge >= 0.3 is 0 Å². The Labute approximate surface area is 129 Å². The lowest BCUT2D eigenvalue weighted by Gasteiger charge is -2.02. The van der Waals surface area contributed by atoms with Gasteiger partial charge in [0.2, 0.25) is 0 Å². The van der Waals surface area contributed by atoms with Crippen molar-refractivity contribution < 1.29 is 8.42 Å². The van der Waals surface area contributed by atoms with Crippen LogP contribution in [0.1, 0.15) is 52.4 Å². The van der Waals surface area contributed by atoms with Crippen LogP contribution in [0.25, 0.3) is 0 Å². The van der Waals surface area contributed by atoms with Crippen LogP contribution >= 0.6 is 11.6 Å². The fourth-order valence-corrected chi connectivity index (χ4v) is 3.30. The third-order valence-electron chi connectivity index (χ3n) is 2.85. The third-order valence-corrected chi connectivity index (χ3v) is 4.92. The summed E-state index contributed by atoms with van der Waals surface area (Å²) < 4.78 is 22.8. The minimum atomic E-state index is -2.73. The molecule has 0 aliphatic rings. The van der Waals surface area contributed by atoms with E-state index in [0.29, 0.717) is 11.5 Å². The zero-order valence-electron chi connectivity index (χ0n) is 12.6. The van der Waals surface area contributed by atoms with Gasteiger partial charge in [-0.1, -0.05) is 69.3 Å². The van der Waals surface area contributed by atoms with Crippen molar-refractivity contribution in [1.82, 2.24) is 0 Å². The van der Waals surface area contributed by atoms with Crippen molar-refractivity contribution in [1.29, 1.82) is 0 Å². The predicted molar refractivity (Wildman–Crippen MR) is 89.2 cm³/mol. The van der Waals surface area contributed by atoms with Crippen molar-refractivity contribution in [2.24, 2.45) is 0 Å². The van der Waals surface area contributed by atoms with Crippen LogP contribution in [-0.2, 0) is 9.84 Å². The molecule has 0 bridgehead atoms. The SMILES string of the molecule is CCCCCS(=O)(=O)CCCCC.Clc1ccccc1. The van der Waals surface area contributed by atoms with Gasteiger partial charge < -0.3 is 0 Å². The van der Waals surface area contributed by atoms with E-state index in [0.717, 1.165) is 43.5 Å². The van der Waals surface area contributed by atoms with Gasteiger partial charge in [0.25, 0.3) is 0 Å². The molecule has 0 N–H and O–H groups in total. The van der Waals surface area contributed by atoms with Crippen LogP contribution in [0.15, 0.2) is 30.3 Å². The zero-order chi connectivity index (χ0) is 15.3. The lowest BCUT2D eigenvalue weighted by atomic mass is 10.3. The first kappa shape index (κ1) is 19.5. The van der Waals surface area contributed by atoms with Crippen molar-refractivity contribution in [3.63, 3.8) is 0 Å². The Hall–Kier alpha value is -0.540. The second-order valence-electron chi connectivity index (χ2n) is 4.86. The highest BCUT2D eigenvalue weighted by atomic mass is 35.5. The van der Waals surface area contributed by atoms with Gasteiger partial charge in [0.15, 0.2) is 0 Å². The fourth-order valence-electron chi connectivity index (χ4n) is 1.66. The molecular weight excluding hydrogens is 292 g/mol. The molecule has 4 heteroatoms. The first-order valence-electron chi connectivity index (χ1n) is 7.42. The summed E-state index contributed by atoms with van der Waals surface area (Å²) in [6.45, 7) is 4.17. The molecule has 0 fully saturated rings. The molecule has 0 aromatic heterocycles. The van der Waals surface area contributed by atoms with E-state index < -0.39 is 9.84 Å². The van der Waals surface area contributed by atoms with Crippen LogP contribution in [0.3, 0.4) is 0 Å². The molecule has 0 aliphatic carbocycles. The molecule has 116 valence electrons. The van der Waals surface area contributed by atoms with Crippen molar-refractivity contribution in [3.05, 3.63) is 35.4 Å². The number of hydrogen-bond donors (Lipinski definition) is 0. The molecule has 0 saturated heterocycles. The minimum absolute atomic E-state index is 0.393. The summed E-state index contributed by atoms with van der Waals surface area (Å²) in [6.07, 6.45) is 5.92. The molecule has 2 nitrogen and oxygen atoms in total. The third kappa shape index (κ3) is 12.5. The summed E-state index contributed by atoms with van der Waals surface area (Å²) in [7, 11) is -2.73. The Bertz CT molecular complexity index is 399. The molecule has 1 rings (SSSR count). The molecule has 0 saturated carbocycles. The largest absolute Gasteiger partial charge is 0.229 e. The number of benzene rings is 1. The lowest BCUT2D eigenvalue weighted by molar-refractivity contribution is 0.586. The average molecular weight is 319 g/mol. The van der Waals surface area contributed by atoms with Gasteiger partial charge in [0.1, 0.15) is 9.84 Å². The highest BCUT2D eigenvalue weighted by Crippen LogP contribution is 2.04. The van der Waals surface area contributed by atoms with Gasteiger partial charge in [-0.25, -0.2) is 8.42 Å². The standard InChI is InChI=1S/C10H22O2S.C6H5Cl/c1-3-5-7-9-13(11,12)10-8-6-4-2;7-6-4-2-1-3-5-6/h3-10H2,1-2H3;1-5H. The summed E-state index contributed by atoms with van der Waals surface area (Å²) in [4.78, 5) is 0. The van der Waals surface area contributed by atoms with E-state index in [1.165, 1.54) is 0 Å². The number of hydrogen-bond acceptors (Lipinski definition) is 2. The van der Waals surface area contributed by atoms with Gasteiger partial charge in [0, 0.05) is 5.02 Å². The smallest absolute Gasteiger partial charge is 0.150 e. The number of sulfone groups is 1. The normalized spacial score (nSPS) is 10.8. The molecule has 0 atom stereocenters. The maximum atomic E-state index is 11.4. The number of unbranched alkanes of at least 4 members (excludes halogenated alkanes) is 4. The van der Waals surface area contributed by atoms with E-state index in [1.54, 1.807) is 0 Å². The molecule has 0 amide bonds. The Morgan fingerprint density at radius 1 is 0.850 bits per heavy atom. The monoisotopic (exact) mass is 318 g/mol. The number of halogens is 1. The van der Waals surface area contributed by atoms with Crippen molar-refractivity contribution in [3.8, 4) is 0 Å². The molecule has 0 spiro atoms. The lowest BCUT2D eigenvalue weighted by Crippen LogP contribution is -2.10. The summed E-state index contributed by atoms with van der Waals surface area (Å²) in [5.41, 5.74) is 0. The molecule has 20 heavy (non-hydrogen) atoms. The van der Waals surface area contributed by atoms with Crippen molar-refractivity contribution in [2.75, 3.05) is 11.5 Å². The fraction of sp³-hybridized carbons (Fsp3) is 0.625. The molecule has 0 radical (unpaired) electrons. The maximum absolute atomic E-state index is 11.4. The van der Waals surface area contributed by atoms with E-state index in [2.05, 4.69) is 13.8 Å². The first-order chi connectivity index (χ1) is 9.52. The topological polar surface area (TPSA) is 34.1 Å². The highest BCUT2D eigenvalue weighted by Gasteiger charge is 2.08. The van der Waals surface area contributed by atoms with Crippen LogP contribution in [0.2, 0.25) is 5.02 Å². The molecule has 0 aliphatic heterocycles. The summed E-state index contributed by atoms with van der Waals surface area (Å²) in [5, 5.41) is 0.794. The van der Waals surface area contributed by atoms with Gasteiger partial charge in [-0.15, -0.1) is 0 Å². The Kier molecular flexibility index (Phi) is 11.9. The van der Waals surface area contributed by atoms with Gasteiger partial charge in [-0.2, -0.15) is 0 Å². The zero-order valence-corrected chi connectivity index (χ0v) is 14.2. The molecule has 0 heterocycles. The van der Waals surface area contributed by atoms with Crippen LogP contribution < -0.4 is 0 Å². The average Bonchev–Trinajstić information content (AvgIpc) is 2.41. The number of rotatable bonds is 8. The predicted octanol–water partition coefficient (Wildman–Crippen LogP) is 5.12. The van der Waals surface area contributed by atoms with Crippen molar-refractivity contribution in [2.45, 2.75) is 52.4 Å². The van der Waals surface area contributed by atoms with E-state index in [1.807, 2.05) is 30.3 Å². The Morgan fingerprint density at radius 3 is 1.60 bits per heavy atom. The van der Waals surface area contributed by atoms with E-state index in [-0.39, 0.29) is 0 Å². The molecule has 1 aromatic carbocycles. The summed E-state index contributed by atoms with van der Waals surface area (Å²) >= 11 is 5.54.